The highest BCUT2D eigenvalue weighted by molar-refractivity contribution is 8.00. The van der Waals surface area contributed by atoms with E-state index in [4.69, 9.17) is 0 Å². The molecule has 0 aliphatic carbocycles. The summed E-state index contributed by atoms with van der Waals surface area (Å²) in [6, 6.07) is 0. The normalized spacial score (nSPS) is 18.1. The van der Waals surface area contributed by atoms with Crippen LogP contribution >= 0.6 is 23.5 Å². The van der Waals surface area contributed by atoms with Gasteiger partial charge in [-0.1, -0.05) is 53.4 Å². The second-order valence-corrected chi connectivity index (χ2v) is 9.83. The summed E-state index contributed by atoms with van der Waals surface area (Å²) in [5.41, 5.74) is 0. The molecule has 0 aromatic heterocycles. The number of rotatable bonds is 16. The van der Waals surface area contributed by atoms with Gasteiger partial charge < -0.3 is 5.11 Å². The Morgan fingerprint density at radius 3 is 1.50 bits per heavy atom. The fraction of sp³-hybridized carbons (Fsp3) is 1.00. The van der Waals surface area contributed by atoms with E-state index in [1.807, 2.05) is 13.8 Å². The van der Waals surface area contributed by atoms with E-state index in [-0.39, 0.29) is 10.5 Å². The first-order valence-corrected chi connectivity index (χ1v) is 11.7. The minimum atomic E-state index is -0.719. The van der Waals surface area contributed by atoms with Crippen molar-refractivity contribution < 1.29 is 13.9 Å². The van der Waals surface area contributed by atoms with Crippen LogP contribution in [0.25, 0.3) is 0 Å². The Labute approximate surface area is 157 Å². The summed E-state index contributed by atoms with van der Waals surface area (Å²) in [6.45, 7) is 8.23. The van der Waals surface area contributed by atoms with Crippen LogP contribution in [-0.4, -0.2) is 45.6 Å². The van der Waals surface area contributed by atoms with E-state index in [2.05, 4.69) is 13.8 Å². The molecule has 1 nitrogen and oxygen atoms in total. The second kappa shape index (κ2) is 15.7. The molecule has 0 rings (SSSR count). The smallest absolute Gasteiger partial charge is 0.101 e. The zero-order valence-corrected chi connectivity index (χ0v) is 17.6. The Balaban J connectivity index is 3.75. The van der Waals surface area contributed by atoms with Crippen LogP contribution < -0.4 is 0 Å². The lowest BCUT2D eigenvalue weighted by Crippen LogP contribution is -2.19. The van der Waals surface area contributed by atoms with Crippen molar-refractivity contribution in [2.24, 2.45) is 0 Å². The van der Waals surface area contributed by atoms with Gasteiger partial charge in [0.1, 0.15) is 12.3 Å². The van der Waals surface area contributed by atoms with E-state index in [9.17, 15) is 13.9 Å². The summed E-state index contributed by atoms with van der Waals surface area (Å²) in [5.74, 6) is 1.27. The van der Waals surface area contributed by atoms with E-state index in [1.165, 1.54) is 0 Å². The summed E-state index contributed by atoms with van der Waals surface area (Å²) < 4.78 is 27.4. The molecule has 1 N–H and O–H groups in total. The summed E-state index contributed by atoms with van der Waals surface area (Å²) in [6.07, 6.45) is 4.58. The Morgan fingerprint density at radius 2 is 1.17 bits per heavy atom. The van der Waals surface area contributed by atoms with Crippen molar-refractivity contribution in [3.05, 3.63) is 0 Å². The Bertz CT molecular complexity index is 256. The van der Waals surface area contributed by atoms with E-state index in [1.54, 1.807) is 23.5 Å². The van der Waals surface area contributed by atoms with Crippen molar-refractivity contribution >= 4 is 23.5 Å². The Morgan fingerprint density at radius 1 is 0.792 bits per heavy atom. The van der Waals surface area contributed by atoms with Crippen molar-refractivity contribution in [2.45, 2.75) is 108 Å². The van der Waals surface area contributed by atoms with Crippen molar-refractivity contribution in [1.29, 1.82) is 0 Å². The van der Waals surface area contributed by atoms with E-state index in [0.29, 0.717) is 37.2 Å². The lowest BCUT2D eigenvalue weighted by atomic mass is 10.1. The molecule has 4 atom stereocenters. The topological polar surface area (TPSA) is 20.2 Å². The molecule has 24 heavy (non-hydrogen) atoms. The molecule has 0 saturated heterocycles. The molecular weight excluding hydrogens is 346 g/mol. The van der Waals surface area contributed by atoms with Gasteiger partial charge in [0.05, 0.1) is 6.10 Å². The van der Waals surface area contributed by atoms with E-state index in [0.717, 1.165) is 25.7 Å². The molecule has 0 aliphatic rings. The number of halogens is 2. The number of aliphatic hydroxyl groups is 1. The maximum Gasteiger partial charge on any atom is 0.101 e. The maximum atomic E-state index is 13.7. The fourth-order valence-corrected chi connectivity index (χ4v) is 4.72. The highest BCUT2D eigenvalue weighted by atomic mass is 32.2. The van der Waals surface area contributed by atoms with Crippen LogP contribution in [0.2, 0.25) is 0 Å². The molecule has 0 fully saturated rings. The zero-order chi connectivity index (χ0) is 18.4. The lowest BCUT2D eigenvalue weighted by molar-refractivity contribution is 0.224. The molecule has 0 spiro atoms. The quantitative estimate of drug-likeness (QED) is 0.331. The molecule has 0 saturated carbocycles. The molecule has 5 heteroatoms. The van der Waals surface area contributed by atoms with Gasteiger partial charge in [-0.3, -0.25) is 0 Å². The standard InChI is InChI=1S/C19H38F2OS2/c1-5-7-9-17(20)11-15(3)23-13-19(22)14-24-16(4)12-18(21)10-8-6-2/h15-19,22H,5-14H2,1-4H3. The average molecular weight is 385 g/mol. The number of thioether (sulfide) groups is 2. The van der Waals surface area contributed by atoms with Crippen LogP contribution in [0.1, 0.15) is 79.1 Å². The minimum absolute atomic E-state index is 0.234. The van der Waals surface area contributed by atoms with Gasteiger partial charge in [0.15, 0.2) is 0 Å². The predicted octanol–water partition coefficient (Wildman–Crippen LogP) is 6.43. The minimum Gasteiger partial charge on any atom is -0.391 e. The number of hydrogen-bond donors (Lipinski definition) is 1. The third-order valence-corrected chi connectivity index (χ3v) is 6.74. The van der Waals surface area contributed by atoms with Gasteiger partial charge in [-0.05, 0) is 25.7 Å². The zero-order valence-electron chi connectivity index (χ0n) is 16.0. The van der Waals surface area contributed by atoms with Crippen LogP contribution in [0.3, 0.4) is 0 Å². The van der Waals surface area contributed by atoms with Gasteiger partial charge in [-0.15, -0.1) is 0 Å². The summed E-state index contributed by atoms with van der Waals surface area (Å²) in [7, 11) is 0. The van der Waals surface area contributed by atoms with E-state index < -0.39 is 18.4 Å². The molecule has 0 aromatic rings. The Hall–Kier alpha value is 0.520. The number of unbranched alkanes of at least 4 members (excludes halogenated alkanes) is 2. The molecule has 0 aliphatic heterocycles. The lowest BCUT2D eigenvalue weighted by Gasteiger charge is -2.19. The van der Waals surface area contributed by atoms with Crippen LogP contribution in [0, 0.1) is 0 Å². The van der Waals surface area contributed by atoms with Crippen LogP contribution in [0.5, 0.6) is 0 Å². The average Bonchev–Trinajstić information content (AvgIpc) is 2.54. The van der Waals surface area contributed by atoms with Crippen molar-refractivity contribution in [3.63, 3.8) is 0 Å². The van der Waals surface area contributed by atoms with Crippen molar-refractivity contribution in [1.82, 2.24) is 0 Å². The van der Waals surface area contributed by atoms with E-state index >= 15 is 0 Å². The highest BCUT2D eigenvalue weighted by Gasteiger charge is 2.16. The number of alkyl halides is 2. The second-order valence-electron chi connectivity index (χ2n) is 6.89. The molecular formula is C19H38F2OS2. The van der Waals surface area contributed by atoms with Gasteiger partial charge in [-0.2, -0.15) is 23.5 Å². The van der Waals surface area contributed by atoms with Crippen molar-refractivity contribution in [2.75, 3.05) is 11.5 Å². The summed E-state index contributed by atoms with van der Waals surface area (Å²) in [4.78, 5) is 0. The molecule has 0 amide bonds. The van der Waals surface area contributed by atoms with Crippen LogP contribution in [0.15, 0.2) is 0 Å². The Kier molecular flexibility index (Phi) is 16.1. The third-order valence-electron chi connectivity index (χ3n) is 4.06. The maximum absolute atomic E-state index is 13.7. The first-order chi connectivity index (χ1) is 11.4. The highest BCUT2D eigenvalue weighted by Crippen LogP contribution is 2.24. The third kappa shape index (κ3) is 14.8. The van der Waals surface area contributed by atoms with Crippen LogP contribution in [-0.2, 0) is 0 Å². The van der Waals surface area contributed by atoms with Crippen molar-refractivity contribution in [3.8, 4) is 0 Å². The fourth-order valence-electron chi connectivity index (χ4n) is 2.54. The predicted molar refractivity (Wildman–Crippen MR) is 108 cm³/mol. The van der Waals surface area contributed by atoms with Gasteiger partial charge in [0.2, 0.25) is 0 Å². The molecule has 0 heterocycles. The van der Waals surface area contributed by atoms with Gasteiger partial charge in [0, 0.05) is 22.0 Å². The number of aliphatic hydroxyl groups excluding tert-OH is 1. The van der Waals surface area contributed by atoms with Gasteiger partial charge in [0.25, 0.3) is 0 Å². The molecule has 146 valence electrons. The number of hydrogen-bond acceptors (Lipinski definition) is 3. The van der Waals surface area contributed by atoms with Crippen LogP contribution in [0.4, 0.5) is 8.78 Å². The molecule has 0 bridgehead atoms. The first kappa shape index (κ1) is 24.5. The summed E-state index contributed by atoms with van der Waals surface area (Å²) >= 11 is 3.29. The monoisotopic (exact) mass is 384 g/mol. The molecule has 0 aromatic carbocycles. The van der Waals surface area contributed by atoms with Gasteiger partial charge in [-0.25, -0.2) is 8.78 Å². The molecule has 0 radical (unpaired) electrons. The summed E-state index contributed by atoms with van der Waals surface area (Å²) in [5, 5.41) is 10.5. The SMILES string of the molecule is CCCCC(F)CC(C)SCC(O)CSC(C)CC(F)CCCC. The first-order valence-electron chi connectivity index (χ1n) is 9.58. The largest absolute Gasteiger partial charge is 0.391 e. The molecule has 4 unspecified atom stereocenters. The van der Waals surface area contributed by atoms with Gasteiger partial charge >= 0.3 is 0 Å².